The van der Waals surface area contributed by atoms with E-state index in [2.05, 4.69) is 5.92 Å². The Morgan fingerprint density at radius 1 is 1.42 bits per heavy atom. The highest BCUT2D eigenvalue weighted by Gasteiger charge is 2.29. The normalized spacial score (nSPS) is 13.3. The molecule has 26 heavy (non-hydrogen) atoms. The minimum atomic E-state index is -0.611. The molecule has 1 heterocycles. The summed E-state index contributed by atoms with van der Waals surface area (Å²) < 4.78 is 11.1. The number of hydrogen-bond acceptors (Lipinski definition) is 4. The average Bonchev–Trinajstić information content (AvgIpc) is 2.59. The van der Waals surface area contributed by atoms with E-state index >= 15 is 0 Å². The Bertz CT molecular complexity index is 721. The van der Waals surface area contributed by atoms with Gasteiger partial charge in [0.1, 0.15) is 23.8 Å². The summed E-state index contributed by atoms with van der Waals surface area (Å²) in [5, 5.41) is 0. The van der Waals surface area contributed by atoms with Crippen molar-refractivity contribution >= 4 is 35.0 Å². The molecular formula is C19H23ClN2O4. The van der Waals surface area contributed by atoms with Crippen molar-refractivity contribution in [2.24, 2.45) is 0 Å². The SMILES string of the molecule is C#CCCN(C(=O)CCl)c1ccc2c(c1)N(C(=O)OC(C)(C)C)CCO2. The molecule has 0 atom stereocenters. The lowest BCUT2D eigenvalue weighted by Gasteiger charge is -2.32. The standard InChI is InChI=1S/C19H23ClN2O4/c1-5-6-9-21(17(23)13-20)14-7-8-16-15(12-14)22(10-11-25-16)18(24)26-19(2,3)4/h1,7-8,12H,6,9-11,13H2,2-4H3. The monoisotopic (exact) mass is 378 g/mol. The van der Waals surface area contributed by atoms with E-state index in [4.69, 9.17) is 27.5 Å². The molecule has 140 valence electrons. The fraction of sp³-hybridized carbons (Fsp3) is 0.474. The van der Waals surface area contributed by atoms with Gasteiger partial charge in [0, 0.05) is 18.7 Å². The van der Waals surface area contributed by atoms with Crippen molar-refractivity contribution < 1.29 is 19.1 Å². The molecule has 0 bridgehead atoms. The quantitative estimate of drug-likeness (QED) is 0.595. The lowest BCUT2D eigenvalue weighted by Crippen LogP contribution is -2.41. The van der Waals surface area contributed by atoms with Crippen LogP contribution in [0.1, 0.15) is 27.2 Å². The number of benzene rings is 1. The average molecular weight is 379 g/mol. The van der Waals surface area contributed by atoms with Crippen molar-refractivity contribution in [2.75, 3.05) is 35.4 Å². The van der Waals surface area contributed by atoms with E-state index in [1.807, 2.05) is 20.8 Å². The number of alkyl halides is 1. The van der Waals surface area contributed by atoms with Gasteiger partial charge in [-0.1, -0.05) is 0 Å². The molecule has 7 heteroatoms. The Hall–Kier alpha value is -2.39. The highest BCUT2D eigenvalue weighted by atomic mass is 35.5. The fourth-order valence-corrected chi connectivity index (χ4v) is 2.67. The zero-order valence-electron chi connectivity index (χ0n) is 15.3. The number of carbonyl (C=O) groups is 2. The molecule has 0 unspecified atom stereocenters. The van der Waals surface area contributed by atoms with E-state index in [0.29, 0.717) is 43.2 Å². The molecule has 0 N–H and O–H groups in total. The van der Waals surface area contributed by atoms with Crippen LogP contribution >= 0.6 is 11.6 Å². The molecule has 2 rings (SSSR count). The van der Waals surface area contributed by atoms with Gasteiger partial charge >= 0.3 is 6.09 Å². The second-order valence-corrected chi connectivity index (χ2v) is 7.03. The first-order valence-corrected chi connectivity index (χ1v) is 8.87. The maximum Gasteiger partial charge on any atom is 0.415 e. The molecule has 0 radical (unpaired) electrons. The molecule has 0 saturated carbocycles. The molecule has 0 saturated heterocycles. The topological polar surface area (TPSA) is 59.1 Å². The van der Waals surface area contributed by atoms with Crippen LogP contribution in [0.2, 0.25) is 0 Å². The summed E-state index contributed by atoms with van der Waals surface area (Å²) >= 11 is 5.72. The van der Waals surface area contributed by atoms with Gasteiger partial charge in [-0.15, -0.1) is 23.9 Å². The van der Waals surface area contributed by atoms with Gasteiger partial charge in [0.2, 0.25) is 5.91 Å². The second-order valence-electron chi connectivity index (χ2n) is 6.77. The molecule has 0 spiro atoms. The summed E-state index contributed by atoms with van der Waals surface area (Å²) in [6.45, 7) is 6.50. The van der Waals surface area contributed by atoms with E-state index in [9.17, 15) is 9.59 Å². The van der Waals surface area contributed by atoms with Crippen LogP contribution in [0.15, 0.2) is 18.2 Å². The number of halogens is 1. The second kappa shape index (κ2) is 8.33. The van der Waals surface area contributed by atoms with Crippen LogP contribution in [0.4, 0.5) is 16.2 Å². The minimum Gasteiger partial charge on any atom is -0.490 e. The Morgan fingerprint density at radius 2 is 2.15 bits per heavy atom. The number of nitrogens with zero attached hydrogens (tertiary/aromatic N) is 2. The Balaban J connectivity index is 2.36. The Morgan fingerprint density at radius 3 is 2.77 bits per heavy atom. The molecule has 0 fully saturated rings. The van der Waals surface area contributed by atoms with Crippen LogP contribution in [0.5, 0.6) is 5.75 Å². The molecule has 6 nitrogen and oxygen atoms in total. The minimum absolute atomic E-state index is 0.159. The number of rotatable bonds is 4. The smallest absolute Gasteiger partial charge is 0.415 e. The fourth-order valence-electron chi connectivity index (χ4n) is 2.53. The third-order valence-corrected chi connectivity index (χ3v) is 3.86. The summed E-state index contributed by atoms with van der Waals surface area (Å²) in [5.74, 6) is 2.65. The first-order valence-electron chi connectivity index (χ1n) is 8.34. The molecular weight excluding hydrogens is 356 g/mol. The first-order chi connectivity index (χ1) is 12.3. The number of carbonyl (C=O) groups excluding carboxylic acids is 2. The Kier molecular flexibility index (Phi) is 6.38. The van der Waals surface area contributed by atoms with E-state index in [-0.39, 0.29) is 11.8 Å². The summed E-state index contributed by atoms with van der Waals surface area (Å²) in [4.78, 5) is 27.7. The van der Waals surface area contributed by atoms with Crippen molar-refractivity contribution in [1.82, 2.24) is 0 Å². The van der Waals surface area contributed by atoms with Crippen LogP contribution in [0, 0.1) is 12.3 Å². The van der Waals surface area contributed by atoms with E-state index in [1.165, 1.54) is 9.80 Å². The maximum absolute atomic E-state index is 12.5. The van der Waals surface area contributed by atoms with Crippen LogP contribution in [-0.2, 0) is 9.53 Å². The number of fused-ring (bicyclic) bond motifs is 1. The van der Waals surface area contributed by atoms with Crippen molar-refractivity contribution in [3.63, 3.8) is 0 Å². The number of anilines is 2. The molecule has 2 amide bonds. The highest BCUT2D eigenvalue weighted by molar-refractivity contribution is 6.29. The van der Waals surface area contributed by atoms with Crippen LogP contribution in [-0.4, -0.2) is 43.2 Å². The number of amides is 2. The summed E-state index contributed by atoms with van der Waals surface area (Å²) in [7, 11) is 0. The van der Waals surface area contributed by atoms with Gasteiger partial charge < -0.3 is 14.4 Å². The van der Waals surface area contributed by atoms with Gasteiger partial charge in [-0.2, -0.15) is 0 Å². The van der Waals surface area contributed by atoms with Crippen molar-refractivity contribution in [3.05, 3.63) is 18.2 Å². The molecule has 1 aliphatic heterocycles. The van der Waals surface area contributed by atoms with Crippen molar-refractivity contribution in [1.29, 1.82) is 0 Å². The van der Waals surface area contributed by atoms with Crippen molar-refractivity contribution in [2.45, 2.75) is 32.8 Å². The van der Waals surface area contributed by atoms with Gasteiger partial charge in [-0.3, -0.25) is 9.69 Å². The van der Waals surface area contributed by atoms with Crippen molar-refractivity contribution in [3.8, 4) is 18.1 Å². The largest absolute Gasteiger partial charge is 0.490 e. The molecule has 0 aliphatic carbocycles. The molecule has 1 aromatic carbocycles. The molecule has 1 aliphatic rings. The van der Waals surface area contributed by atoms with E-state index in [1.54, 1.807) is 18.2 Å². The van der Waals surface area contributed by atoms with Gasteiger partial charge in [0.15, 0.2) is 0 Å². The third-order valence-electron chi connectivity index (χ3n) is 3.63. The van der Waals surface area contributed by atoms with Gasteiger partial charge in [-0.05, 0) is 39.0 Å². The number of hydrogen-bond donors (Lipinski definition) is 0. The van der Waals surface area contributed by atoms with Gasteiger partial charge in [0.05, 0.1) is 12.2 Å². The van der Waals surface area contributed by atoms with Crippen LogP contribution in [0.25, 0.3) is 0 Å². The summed E-state index contributed by atoms with van der Waals surface area (Å²) in [5.41, 5.74) is 0.542. The Labute approximate surface area is 159 Å². The van der Waals surface area contributed by atoms with Crippen LogP contribution in [0.3, 0.4) is 0 Å². The molecule has 1 aromatic rings. The summed E-state index contributed by atoms with van der Waals surface area (Å²) in [6, 6.07) is 5.20. The lowest BCUT2D eigenvalue weighted by atomic mass is 10.2. The predicted octanol–water partition coefficient (Wildman–Crippen LogP) is 3.42. The lowest BCUT2D eigenvalue weighted by molar-refractivity contribution is -0.116. The number of terminal acetylenes is 1. The third kappa shape index (κ3) is 4.83. The maximum atomic E-state index is 12.5. The van der Waals surface area contributed by atoms with Gasteiger partial charge in [0.25, 0.3) is 0 Å². The zero-order chi connectivity index (χ0) is 19.3. The number of ether oxygens (including phenoxy) is 2. The zero-order valence-corrected chi connectivity index (χ0v) is 16.0. The van der Waals surface area contributed by atoms with E-state index < -0.39 is 11.7 Å². The molecule has 0 aromatic heterocycles. The van der Waals surface area contributed by atoms with E-state index in [0.717, 1.165) is 0 Å². The predicted molar refractivity (Wildman–Crippen MR) is 102 cm³/mol. The first kappa shape index (κ1) is 19.9. The van der Waals surface area contributed by atoms with Crippen LogP contribution < -0.4 is 14.5 Å². The summed E-state index contributed by atoms with van der Waals surface area (Å²) in [6.07, 6.45) is 5.25. The van der Waals surface area contributed by atoms with Gasteiger partial charge in [-0.25, -0.2) is 4.79 Å². The highest BCUT2D eigenvalue weighted by Crippen LogP contribution is 2.36.